The third kappa shape index (κ3) is 16.6. The van der Waals surface area contributed by atoms with Crippen LogP contribution in [0.1, 0.15) is 231 Å². The average molecular weight is 825 g/mol. The van der Waals surface area contributed by atoms with Gasteiger partial charge in [-0.3, -0.25) is 9.97 Å². The Morgan fingerprint density at radius 2 is 0.850 bits per heavy atom. The summed E-state index contributed by atoms with van der Waals surface area (Å²) in [6.45, 7) is 34.3. The van der Waals surface area contributed by atoms with Gasteiger partial charge in [0, 0.05) is 42.3 Å². The van der Waals surface area contributed by atoms with Crippen LogP contribution in [0.5, 0.6) is 0 Å². The summed E-state index contributed by atoms with van der Waals surface area (Å²) < 4.78 is 0. The summed E-state index contributed by atoms with van der Waals surface area (Å²) in [5, 5.41) is 7.92. The third-order valence-electron chi connectivity index (χ3n) is 11.8. The molecule has 0 N–H and O–H groups in total. The summed E-state index contributed by atoms with van der Waals surface area (Å²) in [7, 11) is 0. The van der Waals surface area contributed by atoms with Crippen LogP contribution in [0, 0.1) is 23.7 Å². The van der Waals surface area contributed by atoms with E-state index >= 15 is 0 Å². The maximum atomic E-state index is 4.46. The second-order valence-electron chi connectivity index (χ2n) is 16.7. The molecule has 4 aliphatic rings. The Morgan fingerprint density at radius 3 is 1.45 bits per heavy atom. The Balaban J connectivity index is 0.000000378. The molecule has 0 saturated carbocycles. The van der Waals surface area contributed by atoms with E-state index in [4.69, 9.17) is 0 Å². The van der Waals surface area contributed by atoms with E-state index in [9.17, 15) is 0 Å². The predicted molar refractivity (Wildman–Crippen MR) is 256 cm³/mol. The molecule has 0 bridgehead atoms. The maximum absolute atomic E-state index is 4.46. The van der Waals surface area contributed by atoms with Crippen LogP contribution in [0.3, 0.4) is 0 Å². The van der Waals surface area contributed by atoms with Crippen LogP contribution in [0.15, 0.2) is 49.8 Å². The van der Waals surface area contributed by atoms with Crippen molar-refractivity contribution in [2.75, 3.05) is 0 Å². The zero-order valence-electron chi connectivity index (χ0n) is 41.3. The largest absolute Gasteiger partial charge is 0.258 e. The summed E-state index contributed by atoms with van der Waals surface area (Å²) in [5.41, 5.74) is 10.7. The lowest BCUT2D eigenvalue weighted by molar-refractivity contribution is 0.418. The molecule has 4 aromatic heterocycles. The van der Waals surface area contributed by atoms with Gasteiger partial charge in [0.25, 0.3) is 0 Å². The fourth-order valence-corrected chi connectivity index (χ4v) is 8.83. The summed E-state index contributed by atoms with van der Waals surface area (Å²) in [5.74, 6) is 5.52. The van der Waals surface area contributed by atoms with E-state index < -0.39 is 0 Å². The minimum atomic E-state index is 0.637. The van der Waals surface area contributed by atoms with Crippen LogP contribution in [-0.4, -0.2) is 40.1 Å². The molecule has 0 aromatic carbocycles. The smallest absolute Gasteiger partial charge is 0.115 e. The van der Waals surface area contributed by atoms with Gasteiger partial charge in [-0.2, -0.15) is 10.2 Å². The van der Waals surface area contributed by atoms with E-state index in [0.29, 0.717) is 41.4 Å². The number of rotatable bonds is 4. The molecule has 4 atom stereocenters. The lowest BCUT2D eigenvalue weighted by Gasteiger charge is -2.27. The molecule has 0 aliphatic heterocycles. The normalized spacial score (nSPS) is 19.1. The van der Waals surface area contributed by atoms with E-state index in [-0.39, 0.29) is 0 Å². The Bertz CT molecular complexity index is 1420. The van der Waals surface area contributed by atoms with E-state index in [1.54, 1.807) is 12.7 Å². The van der Waals surface area contributed by atoms with E-state index in [1.807, 2.05) is 92.6 Å². The molecule has 60 heavy (non-hydrogen) atoms. The van der Waals surface area contributed by atoms with Crippen molar-refractivity contribution in [2.24, 2.45) is 23.7 Å². The van der Waals surface area contributed by atoms with Gasteiger partial charge in [0.15, 0.2) is 0 Å². The van der Waals surface area contributed by atoms with E-state index in [0.717, 1.165) is 18.8 Å². The highest BCUT2D eigenvalue weighted by Gasteiger charge is 2.26. The first-order valence-corrected chi connectivity index (χ1v) is 24.3. The number of hydrogen-bond acceptors (Lipinski definition) is 8. The summed E-state index contributed by atoms with van der Waals surface area (Å²) >= 11 is 0. The molecular weight excluding hydrogens is 737 g/mol. The highest BCUT2D eigenvalue weighted by Crippen LogP contribution is 2.37. The standard InChI is InChI=1S/4C11H16N2.4C2H6/c1-8(2)9-4-3-5-11-10(9)6-12-7-13-11;1-8(2)10-5-3-4-9-6-12-7-13-11(9)10;1-8(2)10-5-3-4-9-6-12-13-7-11(9)10;1-8(2)9-4-3-5-10-11(9)13-7-6-12-10;4*1-2/h6-9H,3-5H2,1-2H3;2*6-8,10H,3-5H2,1-2H3;6-9H,3-5H2,1-2H3;4*1-2H3. The molecule has 8 heteroatoms. The highest BCUT2D eigenvalue weighted by molar-refractivity contribution is 5.28. The number of hydrogen-bond donors (Lipinski definition) is 0. The minimum absolute atomic E-state index is 0.637. The van der Waals surface area contributed by atoms with Crippen LogP contribution in [0.4, 0.5) is 0 Å². The number of aryl methyl sites for hydroxylation is 4. The van der Waals surface area contributed by atoms with Gasteiger partial charge in [-0.25, -0.2) is 19.9 Å². The van der Waals surface area contributed by atoms with Crippen LogP contribution in [0.2, 0.25) is 0 Å². The number of nitrogens with zero attached hydrogens (tertiary/aromatic N) is 8. The molecule has 4 aromatic rings. The fraction of sp³-hybridized carbons (Fsp3) is 0.692. The van der Waals surface area contributed by atoms with Crippen LogP contribution < -0.4 is 0 Å². The second-order valence-corrected chi connectivity index (χ2v) is 16.7. The molecule has 8 rings (SSSR count). The first kappa shape index (κ1) is 54.3. The van der Waals surface area contributed by atoms with Crippen molar-refractivity contribution >= 4 is 0 Å². The molecule has 336 valence electrons. The van der Waals surface area contributed by atoms with Crippen LogP contribution >= 0.6 is 0 Å². The van der Waals surface area contributed by atoms with Crippen molar-refractivity contribution in [1.29, 1.82) is 0 Å². The highest BCUT2D eigenvalue weighted by atomic mass is 15.1. The van der Waals surface area contributed by atoms with Crippen molar-refractivity contribution in [3.8, 4) is 0 Å². The van der Waals surface area contributed by atoms with Gasteiger partial charge in [-0.15, -0.1) is 0 Å². The van der Waals surface area contributed by atoms with Gasteiger partial charge in [-0.1, -0.05) is 111 Å². The molecular formula is C52H88N8. The fourth-order valence-electron chi connectivity index (χ4n) is 8.83. The molecule has 4 unspecified atom stereocenters. The van der Waals surface area contributed by atoms with Crippen LogP contribution in [0.25, 0.3) is 0 Å². The zero-order chi connectivity index (χ0) is 45.0. The Labute approximate surface area is 368 Å². The van der Waals surface area contributed by atoms with Gasteiger partial charge < -0.3 is 0 Å². The molecule has 0 radical (unpaired) electrons. The first-order chi connectivity index (χ1) is 29.2. The molecule has 0 spiro atoms. The maximum Gasteiger partial charge on any atom is 0.115 e. The molecule has 4 aliphatic carbocycles. The lowest BCUT2D eigenvalue weighted by atomic mass is 9.78. The van der Waals surface area contributed by atoms with E-state index in [1.165, 1.54) is 109 Å². The molecule has 0 fully saturated rings. The van der Waals surface area contributed by atoms with Crippen molar-refractivity contribution in [3.05, 3.63) is 94.9 Å². The third-order valence-corrected chi connectivity index (χ3v) is 11.8. The Morgan fingerprint density at radius 1 is 0.400 bits per heavy atom. The van der Waals surface area contributed by atoms with Crippen molar-refractivity contribution in [2.45, 2.75) is 212 Å². The number of aromatic nitrogens is 8. The van der Waals surface area contributed by atoms with Gasteiger partial charge >= 0.3 is 0 Å². The Hall–Kier alpha value is -3.68. The van der Waals surface area contributed by atoms with Crippen molar-refractivity contribution < 1.29 is 0 Å². The predicted octanol–water partition coefficient (Wildman–Crippen LogP) is 14.3. The summed E-state index contributed by atoms with van der Waals surface area (Å²) in [4.78, 5) is 25.8. The molecule has 8 nitrogen and oxygen atoms in total. The van der Waals surface area contributed by atoms with Crippen molar-refractivity contribution in [1.82, 2.24) is 40.1 Å². The van der Waals surface area contributed by atoms with Crippen molar-refractivity contribution in [3.63, 3.8) is 0 Å². The van der Waals surface area contributed by atoms with Gasteiger partial charge in [0.05, 0.1) is 29.5 Å². The SMILES string of the molecule is CC.CC.CC.CC.CC(C)C1CCCc2cncnc21.CC(C)C1CCCc2cnncc21.CC(C)C1CCCc2nccnc21.CC(C)C1CCCc2ncncc21. The first-order valence-electron chi connectivity index (χ1n) is 24.3. The van der Waals surface area contributed by atoms with Crippen LogP contribution in [-0.2, 0) is 25.7 Å². The quantitative estimate of drug-likeness (QED) is 0.200. The monoisotopic (exact) mass is 825 g/mol. The van der Waals surface area contributed by atoms with Gasteiger partial charge in [0.2, 0.25) is 0 Å². The zero-order valence-corrected chi connectivity index (χ0v) is 41.3. The second kappa shape index (κ2) is 31.2. The molecule has 0 amide bonds. The van der Waals surface area contributed by atoms with E-state index in [2.05, 4.69) is 95.5 Å². The van der Waals surface area contributed by atoms with Gasteiger partial charge in [-0.05, 0) is 135 Å². The van der Waals surface area contributed by atoms with Gasteiger partial charge in [0.1, 0.15) is 12.7 Å². The topological polar surface area (TPSA) is 103 Å². The molecule has 0 saturated heterocycles. The Kier molecular flexibility index (Phi) is 28.3. The number of fused-ring (bicyclic) bond motifs is 4. The minimum Gasteiger partial charge on any atom is -0.258 e. The summed E-state index contributed by atoms with van der Waals surface area (Å²) in [6, 6.07) is 0. The lowest BCUT2D eigenvalue weighted by Crippen LogP contribution is -2.17. The molecule has 4 heterocycles. The summed E-state index contributed by atoms with van der Waals surface area (Å²) in [6.07, 6.45) is 29.8. The average Bonchev–Trinajstić information content (AvgIpc) is 3.31.